The molecule has 0 spiro atoms. The van der Waals surface area contributed by atoms with Crippen LogP contribution < -0.4 is 10.2 Å². The third-order valence-electron chi connectivity index (χ3n) is 7.25. The van der Waals surface area contributed by atoms with Crippen LogP contribution in [0.4, 0.5) is 5.69 Å². The number of anilines is 1. The van der Waals surface area contributed by atoms with Crippen LogP contribution >= 0.6 is 0 Å². The molecule has 1 atom stereocenters. The van der Waals surface area contributed by atoms with Gasteiger partial charge in [-0.1, -0.05) is 19.3 Å². The zero-order valence-corrected chi connectivity index (χ0v) is 19.2. The number of aryl methyl sites for hydroxylation is 1. The number of carbonyl (C=O) groups excluding carboxylic acids is 1. The molecule has 3 aliphatic rings. The second-order valence-electron chi connectivity index (χ2n) is 9.40. The highest BCUT2D eigenvalue weighted by Gasteiger charge is 2.24. The lowest BCUT2D eigenvalue weighted by atomic mass is 9.88. The van der Waals surface area contributed by atoms with Crippen LogP contribution in [0, 0.1) is 11.8 Å². The Morgan fingerprint density at radius 1 is 1.03 bits per heavy atom. The van der Waals surface area contributed by atoms with E-state index < -0.39 is 11.0 Å². The van der Waals surface area contributed by atoms with Crippen molar-refractivity contribution in [3.63, 3.8) is 0 Å². The molecule has 4 rings (SSSR count). The molecule has 1 aromatic carbocycles. The second kappa shape index (κ2) is 10.3. The molecule has 1 saturated carbocycles. The molecular formula is C24H37N3O2S. The number of nitrogens with one attached hydrogen (secondary N) is 1. The molecule has 1 unspecified atom stereocenters. The Hall–Kier alpha value is -1.40. The third-order valence-corrected chi connectivity index (χ3v) is 8.34. The predicted octanol–water partition coefficient (Wildman–Crippen LogP) is 3.75. The van der Waals surface area contributed by atoms with Crippen LogP contribution in [0.2, 0.25) is 0 Å². The number of hydrogen-bond donors (Lipinski definition) is 1. The minimum atomic E-state index is -0.875. The van der Waals surface area contributed by atoms with E-state index in [9.17, 15) is 9.00 Å². The highest BCUT2D eigenvalue weighted by Crippen LogP contribution is 2.32. The lowest BCUT2D eigenvalue weighted by Gasteiger charge is -2.35. The summed E-state index contributed by atoms with van der Waals surface area (Å²) in [4.78, 5) is 15.3. The average molecular weight is 432 g/mol. The number of carbonyl (C=O) groups is 1. The van der Waals surface area contributed by atoms with E-state index in [1.54, 1.807) is 6.26 Å². The zero-order valence-electron chi connectivity index (χ0n) is 18.4. The van der Waals surface area contributed by atoms with Crippen molar-refractivity contribution in [2.45, 2.75) is 57.8 Å². The highest BCUT2D eigenvalue weighted by atomic mass is 32.2. The molecule has 5 nitrogen and oxygen atoms in total. The van der Waals surface area contributed by atoms with Gasteiger partial charge < -0.3 is 10.2 Å². The first-order chi connectivity index (χ1) is 14.6. The first-order valence-corrected chi connectivity index (χ1v) is 13.4. The highest BCUT2D eigenvalue weighted by molar-refractivity contribution is 7.81. The lowest BCUT2D eigenvalue weighted by Crippen LogP contribution is -2.39. The van der Waals surface area contributed by atoms with E-state index in [1.807, 2.05) is 10.4 Å². The smallest absolute Gasteiger partial charge is 0.251 e. The molecule has 1 aliphatic carbocycles. The summed E-state index contributed by atoms with van der Waals surface area (Å²) in [5, 5.41) is 3.15. The van der Waals surface area contributed by atoms with Gasteiger partial charge in [-0.3, -0.25) is 4.79 Å². The molecule has 1 aromatic rings. The van der Waals surface area contributed by atoms with Crippen LogP contribution in [0.5, 0.6) is 0 Å². The van der Waals surface area contributed by atoms with Gasteiger partial charge >= 0.3 is 0 Å². The van der Waals surface area contributed by atoms with Crippen LogP contribution in [-0.4, -0.2) is 53.4 Å². The molecule has 1 amide bonds. The number of benzene rings is 1. The predicted molar refractivity (Wildman–Crippen MR) is 124 cm³/mol. The van der Waals surface area contributed by atoms with Gasteiger partial charge in [-0.2, -0.15) is 0 Å². The molecule has 0 bridgehead atoms. The molecule has 0 aromatic heterocycles. The van der Waals surface area contributed by atoms with Crippen LogP contribution in [0.15, 0.2) is 18.2 Å². The first kappa shape index (κ1) is 21.8. The molecule has 2 fully saturated rings. The molecule has 1 saturated heterocycles. The Morgan fingerprint density at radius 3 is 2.53 bits per heavy atom. The maximum atomic E-state index is 12.8. The summed E-state index contributed by atoms with van der Waals surface area (Å²) >= 11 is 0. The van der Waals surface area contributed by atoms with Crippen LogP contribution in [0.25, 0.3) is 0 Å². The van der Waals surface area contributed by atoms with E-state index in [-0.39, 0.29) is 5.91 Å². The number of piperidine rings is 1. The Bertz CT molecular complexity index is 755. The fraction of sp³-hybridized carbons (Fsp3) is 0.708. The molecule has 2 heterocycles. The van der Waals surface area contributed by atoms with E-state index in [0.29, 0.717) is 12.5 Å². The van der Waals surface area contributed by atoms with Gasteiger partial charge in [-0.05, 0) is 74.1 Å². The molecular weight excluding hydrogens is 394 g/mol. The van der Waals surface area contributed by atoms with Gasteiger partial charge in [0.2, 0.25) is 0 Å². The Balaban J connectivity index is 1.32. The monoisotopic (exact) mass is 431 g/mol. The molecule has 166 valence electrons. The van der Waals surface area contributed by atoms with Gasteiger partial charge in [-0.25, -0.2) is 8.51 Å². The summed E-state index contributed by atoms with van der Waals surface area (Å²) in [6.07, 6.45) is 12.9. The minimum Gasteiger partial charge on any atom is -0.371 e. The van der Waals surface area contributed by atoms with Crippen LogP contribution in [-0.2, 0) is 17.4 Å². The second-order valence-corrected chi connectivity index (χ2v) is 10.8. The fourth-order valence-electron chi connectivity index (χ4n) is 5.40. The fourth-order valence-corrected chi connectivity index (χ4v) is 6.12. The summed E-state index contributed by atoms with van der Waals surface area (Å²) in [6, 6.07) is 6.32. The van der Waals surface area contributed by atoms with Crippen molar-refractivity contribution in [2.75, 3.05) is 43.9 Å². The summed E-state index contributed by atoms with van der Waals surface area (Å²) < 4.78 is 13.6. The van der Waals surface area contributed by atoms with Crippen molar-refractivity contribution in [2.24, 2.45) is 11.8 Å². The van der Waals surface area contributed by atoms with Gasteiger partial charge in [0.15, 0.2) is 0 Å². The Kier molecular flexibility index (Phi) is 7.47. The van der Waals surface area contributed by atoms with E-state index in [4.69, 9.17) is 0 Å². The molecule has 30 heavy (non-hydrogen) atoms. The molecule has 2 aliphatic heterocycles. The standard InChI is InChI=1S/C24H37N3O2S/c1-30(29)27-14-11-19(12-15-27)17-25-24(28)22-9-10-23-21(16-22)8-5-13-26(23)18-20-6-3-2-4-7-20/h9-10,16,19-20H,2-8,11-15,17-18H2,1H3,(H,25,28). The van der Waals surface area contributed by atoms with E-state index >= 15 is 0 Å². The van der Waals surface area contributed by atoms with E-state index in [1.165, 1.54) is 56.3 Å². The Morgan fingerprint density at radius 2 is 1.80 bits per heavy atom. The minimum absolute atomic E-state index is 0.0451. The van der Waals surface area contributed by atoms with Gasteiger partial charge in [0.1, 0.15) is 0 Å². The summed E-state index contributed by atoms with van der Waals surface area (Å²) in [7, 11) is -0.875. The van der Waals surface area contributed by atoms with Gasteiger partial charge in [0.25, 0.3) is 5.91 Å². The van der Waals surface area contributed by atoms with Gasteiger partial charge in [0, 0.05) is 50.2 Å². The van der Waals surface area contributed by atoms with Crippen molar-refractivity contribution < 1.29 is 9.00 Å². The van der Waals surface area contributed by atoms with E-state index in [2.05, 4.69) is 22.3 Å². The first-order valence-electron chi connectivity index (χ1n) is 11.8. The summed E-state index contributed by atoms with van der Waals surface area (Å²) in [5.74, 6) is 1.37. The summed E-state index contributed by atoms with van der Waals surface area (Å²) in [5.41, 5.74) is 3.48. The summed E-state index contributed by atoms with van der Waals surface area (Å²) in [6.45, 7) is 4.77. The zero-order chi connectivity index (χ0) is 20.9. The van der Waals surface area contributed by atoms with Gasteiger partial charge in [0.05, 0.1) is 11.0 Å². The van der Waals surface area contributed by atoms with E-state index in [0.717, 1.165) is 50.4 Å². The largest absolute Gasteiger partial charge is 0.371 e. The lowest BCUT2D eigenvalue weighted by molar-refractivity contribution is 0.0941. The molecule has 0 radical (unpaired) electrons. The number of hydrogen-bond acceptors (Lipinski definition) is 3. The maximum Gasteiger partial charge on any atom is 0.251 e. The van der Waals surface area contributed by atoms with Crippen molar-refractivity contribution in [1.82, 2.24) is 9.62 Å². The molecule has 1 N–H and O–H groups in total. The van der Waals surface area contributed by atoms with Crippen molar-refractivity contribution in [1.29, 1.82) is 0 Å². The number of rotatable bonds is 6. The van der Waals surface area contributed by atoms with Crippen LogP contribution in [0.3, 0.4) is 0 Å². The Labute approximate surface area is 184 Å². The average Bonchev–Trinajstić information content (AvgIpc) is 2.78. The van der Waals surface area contributed by atoms with Gasteiger partial charge in [-0.15, -0.1) is 0 Å². The molecule has 6 heteroatoms. The number of nitrogens with zero attached hydrogens (tertiary/aromatic N) is 2. The normalized spacial score (nSPS) is 22.5. The quantitative estimate of drug-likeness (QED) is 0.746. The van der Waals surface area contributed by atoms with Crippen LogP contribution in [0.1, 0.15) is 67.3 Å². The topological polar surface area (TPSA) is 52.7 Å². The third kappa shape index (κ3) is 5.44. The van der Waals surface area contributed by atoms with Crippen molar-refractivity contribution >= 4 is 22.6 Å². The SMILES string of the molecule is CS(=O)N1CCC(CNC(=O)c2ccc3c(c2)CCCN3CC2CCCCC2)CC1. The van der Waals surface area contributed by atoms with Crippen molar-refractivity contribution in [3.05, 3.63) is 29.3 Å². The number of amides is 1. The number of fused-ring (bicyclic) bond motifs is 1. The maximum absolute atomic E-state index is 12.8. The van der Waals surface area contributed by atoms with Crippen molar-refractivity contribution in [3.8, 4) is 0 Å².